The Hall–Kier alpha value is -1.35. The van der Waals surface area contributed by atoms with E-state index < -0.39 is 0 Å². The molecule has 1 unspecified atom stereocenters. The molecule has 0 saturated heterocycles. The number of rotatable bonds is 1. The van der Waals surface area contributed by atoms with Crippen LogP contribution < -0.4 is 5.73 Å². The third-order valence-electron chi connectivity index (χ3n) is 2.93. The molecule has 16 heavy (non-hydrogen) atoms. The standard InChI is InChI=1S/C13H16N2S/c1-10-5-7-11(8-6-10)12-4-2-3-9-15(12)13(14)16/h3,5-9,12H,2,4H2,1H3,(H2,14,16). The van der Waals surface area contributed by atoms with Crippen molar-refractivity contribution in [3.05, 3.63) is 47.7 Å². The molecule has 0 saturated carbocycles. The van der Waals surface area contributed by atoms with Crippen LogP contribution in [0.25, 0.3) is 0 Å². The Morgan fingerprint density at radius 1 is 1.38 bits per heavy atom. The maximum atomic E-state index is 5.73. The Bertz CT molecular complexity index is 408. The molecule has 2 rings (SSSR count). The molecule has 0 aromatic heterocycles. The van der Waals surface area contributed by atoms with Crippen molar-refractivity contribution >= 4 is 17.3 Å². The molecule has 0 aliphatic carbocycles. The fraction of sp³-hybridized carbons (Fsp3) is 0.308. The maximum absolute atomic E-state index is 5.73. The number of hydrogen-bond donors (Lipinski definition) is 1. The van der Waals surface area contributed by atoms with E-state index in [9.17, 15) is 0 Å². The lowest BCUT2D eigenvalue weighted by Gasteiger charge is -2.32. The van der Waals surface area contributed by atoms with E-state index in [1.807, 2.05) is 11.1 Å². The molecule has 1 aliphatic heterocycles. The van der Waals surface area contributed by atoms with Gasteiger partial charge in [-0.1, -0.05) is 35.9 Å². The highest BCUT2D eigenvalue weighted by Gasteiger charge is 2.21. The van der Waals surface area contributed by atoms with E-state index in [2.05, 4.69) is 37.3 Å². The highest BCUT2D eigenvalue weighted by Crippen LogP contribution is 2.29. The van der Waals surface area contributed by atoms with Crippen LogP contribution in [0.1, 0.15) is 30.0 Å². The summed E-state index contributed by atoms with van der Waals surface area (Å²) in [6, 6.07) is 8.87. The molecule has 0 amide bonds. The summed E-state index contributed by atoms with van der Waals surface area (Å²) in [6.45, 7) is 2.09. The van der Waals surface area contributed by atoms with Gasteiger partial charge in [-0.15, -0.1) is 0 Å². The summed E-state index contributed by atoms with van der Waals surface area (Å²) in [5.41, 5.74) is 8.29. The molecule has 0 fully saturated rings. The molecule has 3 heteroatoms. The molecular weight excluding hydrogens is 216 g/mol. The first-order chi connectivity index (χ1) is 7.68. The highest BCUT2D eigenvalue weighted by molar-refractivity contribution is 7.80. The summed E-state index contributed by atoms with van der Waals surface area (Å²) in [6.07, 6.45) is 6.26. The number of thiocarbonyl (C=S) groups is 1. The minimum Gasteiger partial charge on any atom is -0.376 e. The summed E-state index contributed by atoms with van der Waals surface area (Å²) >= 11 is 5.07. The minimum absolute atomic E-state index is 0.295. The van der Waals surface area contributed by atoms with Crippen LogP contribution in [0.5, 0.6) is 0 Å². The van der Waals surface area contributed by atoms with Crippen molar-refractivity contribution in [3.8, 4) is 0 Å². The second-order valence-corrected chi connectivity index (χ2v) is 4.55. The Balaban J connectivity index is 2.28. The SMILES string of the molecule is Cc1ccc(C2CCC=CN2C(N)=S)cc1. The first-order valence-electron chi connectivity index (χ1n) is 5.49. The first-order valence-corrected chi connectivity index (χ1v) is 5.90. The van der Waals surface area contributed by atoms with Crippen LogP contribution in [0.15, 0.2) is 36.5 Å². The molecular formula is C13H16N2S. The number of hydrogen-bond acceptors (Lipinski definition) is 1. The molecule has 2 nitrogen and oxygen atoms in total. The fourth-order valence-electron chi connectivity index (χ4n) is 2.03. The normalized spacial score (nSPS) is 19.8. The van der Waals surface area contributed by atoms with Crippen molar-refractivity contribution in [1.82, 2.24) is 4.90 Å². The smallest absolute Gasteiger partial charge is 0.170 e. The van der Waals surface area contributed by atoms with E-state index in [0.717, 1.165) is 12.8 Å². The number of allylic oxidation sites excluding steroid dienone is 1. The van der Waals surface area contributed by atoms with Crippen molar-refractivity contribution < 1.29 is 0 Å². The molecule has 2 N–H and O–H groups in total. The van der Waals surface area contributed by atoms with Crippen molar-refractivity contribution in [2.75, 3.05) is 0 Å². The van der Waals surface area contributed by atoms with E-state index in [-0.39, 0.29) is 0 Å². The average Bonchev–Trinajstić information content (AvgIpc) is 2.30. The summed E-state index contributed by atoms with van der Waals surface area (Å²) in [4.78, 5) is 1.98. The van der Waals surface area contributed by atoms with Crippen molar-refractivity contribution in [3.63, 3.8) is 0 Å². The van der Waals surface area contributed by atoms with E-state index >= 15 is 0 Å². The largest absolute Gasteiger partial charge is 0.376 e. The lowest BCUT2D eigenvalue weighted by Crippen LogP contribution is -2.35. The van der Waals surface area contributed by atoms with E-state index in [0.29, 0.717) is 11.2 Å². The van der Waals surface area contributed by atoms with Gasteiger partial charge in [-0.05, 0) is 37.5 Å². The average molecular weight is 232 g/mol. The molecule has 84 valence electrons. The van der Waals surface area contributed by atoms with E-state index in [4.69, 9.17) is 18.0 Å². The Morgan fingerprint density at radius 3 is 2.69 bits per heavy atom. The first kappa shape index (κ1) is 11.1. The quantitative estimate of drug-likeness (QED) is 0.755. The summed E-state index contributed by atoms with van der Waals surface area (Å²) in [7, 11) is 0. The molecule has 1 atom stereocenters. The van der Waals surface area contributed by atoms with Crippen LogP contribution in [0.2, 0.25) is 0 Å². The number of nitrogens with two attached hydrogens (primary N) is 1. The fourth-order valence-corrected chi connectivity index (χ4v) is 2.22. The van der Waals surface area contributed by atoms with Crippen LogP contribution in [-0.2, 0) is 0 Å². The predicted molar refractivity (Wildman–Crippen MR) is 70.9 cm³/mol. The van der Waals surface area contributed by atoms with Gasteiger partial charge in [0.2, 0.25) is 0 Å². The third-order valence-corrected chi connectivity index (χ3v) is 3.14. The Kier molecular flexibility index (Phi) is 3.25. The van der Waals surface area contributed by atoms with Gasteiger partial charge in [0, 0.05) is 6.20 Å². The highest BCUT2D eigenvalue weighted by atomic mass is 32.1. The molecule has 1 heterocycles. The van der Waals surface area contributed by atoms with Crippen LogP contribution in [0.3, 0.4) is 0 Å². The van der Waals surface area contributed by atoms with Gasteiger partial charge in [-0.25, -0.2) is 0 Å². The lowest BCUT2D eigenvalue weighted by atomic mass is 9.97. The zero-order valence-electron chi connectivity index (χ0n) is 9.39. The van der Waals surface area contributed by atoms with E-state index in [1.165, 1.54) is 11.1 Å². The van der Waals surface area contributed by atoms with Crippen molar-refractivity contribution in [2.24, 2.45) is 5.73 Å². The molecule has 0 bridgehead atoms. The molecule has 1 aliphatic rings. The minimum atomic E-state index is 0.295. The number of aryl methyl sites for hydroxylation is 1. The number of nitrogens with zero attached hydrogens (tertiary/aromatic N) is 1. The zero-order chi connectivity index (χ0) is 11.5. The van der Waals surface area contributed by atoms with Crippen LogP contribution in [-0.4, -0.2) is 10.0 Å². The predicted octanol–water partition coefficient (Wildman–Crippen LogP) is 2.89. The van der Waals surface area contributed by atoms with Gasteiger partial charge >= 0.3 is 0 Å². The zero-order valence-corrected chi connectivity index (χ0v) is 10.2. The van der Waals surface area contributed by atoms with Crippen LogP contribution >= 0.6 is 12.2 Å². The van der Waals surface area contributed by atoms with Crippen molar-refractivity contribution in [2.45, 2.75) is 25.8 Å². The lowest BCUT2D eigenvalue weighted by molar-refractivity contribution is 0.373. The van der Waals surface area contributed by atoms with Crippen LogP contribution in [0, 0.1) is 6.92 Å². The third kappa shape index (κ3) is 2.25. The Morgan fingerprint density at radius 2 is 2.06 bits per heavy atom. The van der Waals surface area contributed by atoms with Crippen LogP contribution in [0.4, 0.5) is 0 Å². The molecule has 0 radical (unpaired) electrons. The van der Waals surface area contributed by atoms with E-state index in [1.54, 1.807) is 0 Å². The monoisotopic (exact) mass is 232 g/mol. The number of benzene rings is 1. The van der Waals surface area contributed by atoms with Crippen molar-refractivity contribution in [1.29, 1.82) is 0 Å². The molecule has 1 aromatic rings. The van der Waals surface area contributed by atoms with Gasteiger partial charge < -0.3 is 10.6 Å². The van der Waals surface area contributed by atoms with Gasteiger partial charge in [0.1, 0.15) is 0 Å². The summed E-state index contributed by atoms with van der Waals surface area (Å²) < 4.78 is 0. The van der Waals surface area contributed by atoms with Gasteiger partial charge in [0.05, 0.1) is 6.04 Å². The van der Waals surface area contributed by atoms with Gasteiger partial charge in [0.25, 0.3) is 0 Å². The van der Waals surface area contributed by atoms with Gasteiger partial charge in [-0.3, -0.25) is 0 Å². The molecule has 0 spiro atoms. The topological polar surface area (TPSA) is 29.3 Å². The second kappa shape index (κ2) is 4.66. The summed E-state index contributed by atoms with van der Waals surface area (Å²) in [5.74, 6) is 0. The Labute approximate surface area is 102 Å². The second-order valence-electron chi connectivity index (χ2n) is 4.13. The van der Waals surface area contributed by atoms with Gasteiger partial charge in [0.15, 0.2) is 5.11 Å². The molecule has 1 aromatic carbocycles. The maximum Gasteiger partial charge on any atom is 0.170 e. The van der Waals surface area contributed by atoms with Gasteiger partial charge in [-0.2, -0.15) is 0 Å². The summed E-state index contributed by atoms with van der Waals surface area (Å²) in [5, 5.41) is 0.446.